The molecular weight excluding hydrogens is 209 g/mol. The van der Waals surface area contributed by atoms with Crippen LogP contribution in [0.5, 0.6) is 0 Å². The van der Waals surface area contributed by atoms with Crippen LogP contribution in [-0.2, 0) is 10.0 Å². The predicted molar refractivity (Wildman–Crippen MR) is 35.5 cm³/mol. The van der Waals surface area contributed by atoms with Gasteiger partial charge in [-0.2, -0.15) is 13.8 Å². The first-order chi connectivity index (χ1) is 5.82. The van der Waals surface area contributed by atoms with Crippen LogP contribution in [0.15, 0.2) is 11.0 Å². The van der Waals surface area contributed by atoms with Crippen LogP contribution in [-0.4, -0.2) is 13.4 Å². The summed E-state index contributed by atoms with van der Waals surface area (Å²) < 4.78 is 58.4. The van der Waals surface area contributed by atoms with Crippen molar-refractivity contribution < 1.29 is 21.6 Å². The molecule has 1 rings (SSSR count). The smallest absolute Gasteiger partial charge is 0.224 e. The third kappa shape index (κ3) is 1.95. The van der Waals surface area contributed by atoms with Crippen LogP contribution < -0.4 is 5.14 Å². The zero-order chi connectivity index (χ0) is 10.2. The Morgan fingerprint density at radius 3 is 2.23 bits per heavy atom. The van der Waals surface area contributed by atoms with Gasteiger partial charge in [-0.3, -0.25) is 0 Å². The molecule has 0 amide bonds. The summed E-state index contributed by atoms with van der Waals surface area (Å²) in [5.74, 6) is -4.85. The van der Waals surface area contributed by atoms with E-state index in [2.05, 4.69) is 10.1 Å². The molecule has 0 saturated carbocycles. The summed E-state index contributed by atoms with van der Waals surface area (Å²) in [6.45, 7) is 0. The van der Waals surface area contributed by atoms with E-state index in [0.717, 1.165) is 0 Å². The molecule has 0 aliphatic rings. The highest BCUT2D eigenvalue weighted by Crippen LogP contribution is 2.15. The first-order valence-corrected chi connectivity index (χ1v) is 4.41. The Hall–Kier alpha value is -1.15. The van der Waals surface area contributed by atoms with Crippen LogP contribution in [0, 0.1) is 17.7 Å². The van der Waals surface area contributed by atoms with E-state index in [9.17, 15) is 21.6 Å². The van der Waals surface area contributed by atoms with Crippen LogP contribution in [0.2, 0.25) is 0 Å². The molecular formula is C5H3F3N2O2S. The van der Waals surface area contributed by atoms with Crippen molar-refractivity contribution in [2.24, 2.45) is 5.14 Å². The van der Waals surface area contributed by atoms with Gasteiger partial charge in [-0.05, 0) is 0 Å². The van der Waals surface area contributed by atoms with E-state index in [1.54, 1.807) is 0 Å². The molecule has 0 bridgehead atoms. The molecule has 8 heteroatoms. The summed E-state index contributed by atoms with van der Waals surface area (Å²) in [7, 11) is -4.56. The van der Waals surface area contributed by atoms with Crippen LogP contribution >= 0.6 is 0 Å². The molecule has 72 valence electrons. The topological polar surface area (TPSA) is 73.1 Å². The van der Waals surface area contributed by atoms with E-state index in [0.29, 0.717) is 0 Å². The number of halogens is 3. The van der Waals surface area contributed by atoms with Crippen LogP contribution in [0.25, 0.3) is 0 Å². The second kappa shape index (κ2) is 2.96. The second-order valence-electron chi connectivity index (χ2n) is 2.09. The first-order valence-electron chi connectivity index (χ1n) is 2.86. The van der Waals surface area contributed by atoms with Gasteiger partial charge in [0.25, 0.3) is 0 Å². The van der Waals surface area contributed by atoms with E-state index in [-0.39, 0.29) is 6.07 Å². The number of aromatic nitrogens is 1. The number of rotatable bonds is 1. The average molecular weight is 212 g/mol. The Bertz CT molecular complexity index is 422. The molecule has 0 spiro atoms. The van der Waals surface area contributed by atoms with Crippen LogP contribution in [0.3, 0.4) is 0 Å². The largest absolute Gasteiger partial charge is 0.245 e. The molecule has 0 aliphatic carbocycles. The Morgan fingerprint density at radius 1 is 1.31 bits per heavy atom. The number of hydrogen-bond donors (Lipinski definition) is 1. The van der Waals surface area contributed by atoms with Crippen molar-refractivity contribution in [3.05, 3.63) is 23.8 Å². The molecule has 2 N–H and O–H groups in total. The van der Waals surface area contributed by atoms with Crippen molar-refractivity contribution in [1.82, 2.24) is 4.98 Å². The van der Waals surface area contributed by atoms with Gasteiger partial charge in [0.05, 0.1) is 0 Å². The molecule has 0 saturated heterocycles. The van der Waals surface area contributed by atoms with Gasteiger partial charge in [0.15, 0.2) is 10.7 Å². The minimum absolute atomic E-state index is 0.128. The van der Waals surface area contributed by atoms with Crippen LogP contribution in [0.4, 0.5) is 13.2 Å². The highest BCUT2D eigenvalue weighted by Gasteiger charge is 2.22. The predicted octanol–water partition coefficient (Wildman–Crippen LogP) is 0.146. The number of nitrogens with zero attached hydrogens (tertiary/aromatic N) is 1. The Balaban J connectivity index is 3.57. The maximum absolute atomic E-state index is 12.6. The minimum atomic E-state index is -4.56. The Kier molecular flexibility index (Phi) is 2.26. The normalized spacial score (nSPS) is 11.7. The molecule has 1 heterocycles. The summed E-state index contributed by atoms with van der Waals surface area (Å²) in [6.07, 6.45) is 0. The van der Waals surface area contributed by atoms with Gasteiger partial charge < -0.3 is 0 Å². The van der Waals surface area contributed by atoms with Gasteiger partial charge in [-0.1, -0.05) is 0 Å². The molecule has 4 nitrogen and oxygen atoms in total. The van der Waals surface area contributed by atoms with E-state index < -0.39 is 32.6 Å². The van der Waals surface area contributed by atoms with Crippen molar-refractivity contribution in [2.75, 3.05) is 0 Å². The van der Waals surface area contributed by atoms with E-state index in [1.165, 1.54) is 0 Å². The van der Waals surface area contributed by atoms with Crippen LogP contribution in [0.1, 0.15) is 0 Å². The van der Waals surface area contributed by atoms with E-state index >= 15 is 0 Å². The standard InChI is InChI=1S/C5H3F3N2O2S/c6-2-1-3(7)10-5(8)4(2)13(9,11)12/h1H,(H2,9,11,12). The zero-order valence-electron chi connectivity index (χ0n) is 5.96. The lowest BCUT2D eigenvalue weighted by Gasteiger charge is -2.00. The number of pyridine rings is 1. The molecule has 0 unspecified atom stereocenters. The first kappa shape index (κ1) is 9.93. The summed E-state index contributed by atoms with van der Waals surface area (Å²) in [6, 6.07) is 0.128. The number of primary sulfonamides is 1. The molecule has 13 heavy (non-hydrogen) atoms. The maximum atomic E-state index is 12.6. The van der Waals surface area contributed by atoms with Gasteiger partial charge in [-0.25, -0.2) is 17.9 Å². The van der Waals surface area contributed by atoms with Crippen molar-refractivity contribution >= 4 is 10.0 Å². The molecule has 1 aromatic heterocycles. The lowest BCUT2D eigenvalue weighted by atomic mass is 10.4. The SMILES string of the molecule is NS(=O)(=O)c1c(F)cc(F)nc1F. The molecule has 0 radical (unpaired) electrons. The van der Waals surface area contributed by atoms with Crippen molar-refractivity contribution in [3.63, 3.8) is 0 Å². The zero-order valence-corrected chi connectivity index (χ0v) is 6.78. The summed E-state index contributed by atoms with van der Waals surface area (Å²) in [4.78, 5) is 1.03. The lowest BCUT2D eigenvalue weighted by Crippen LogP contribution is -2.17. The van der Waals surface area contributed by atoms with Gasteiger partial charge in [-0.15, -0.1) is 0 Å². The molecule has 1 aromatic rings. The van der Waals surface area contributed by atoms with Gasteiger partial charge in [0.2, 0.25) is 21.9 Å². The fourth-order valence-electron chi connectivity index (χ4n) is 0.699. The lowest BCUT2D eigenvalue weighted by molar-refractivity contribution is 0.451. The third-order valence-corrected chi connectivity index (χ3v) is 2.07. The number of sulfonamides is 1. The fraction of sp³-hybridized carbons (Fsp3) is 0. The van der Waals surface area contributed by atoms with Gasteiger partial charge in [0, 0.05) is 6.07 Å². The summed E-state index contributed by atoms with van der Waals surface area (Å²) in [5.41, 5.74) is 0. The monoisotopic (exact) mass is 212 g/mol. The minimum Gasteiger partial charge on any atom is -0.224 e. The molecule has 0 atom stereocenters. The quantitative estimate of drug-likeness (QED) is 0.673. The van der Waals surface area contributed by atoms with Crippen molar-refractivity contribution in [1.29, 1.82) is 0 Å². The highest BCUT2D eigenvalue weighted by molar-refractivity contribution is 7.89. The average Bonchev–Trinajstić information content (AvgIpc) is 1.78. The number of nitrogens with two attached hydrogens (primary N) is 1. The Labute approximate surface area is 71.2 Å². The molecule has 0 aliphatic heterocycles. The maximum Gasteiger partial charge on any atom is 0.245 e. The van der Waals surface area contributed by atoms with E-state index in [1.807, 2.05) is 0 Å². The van der Waals surface area contributed by atoms with Gasteiger partial charge in [0.1, 0.15) is 0 Å². The van der Waals surface area contributed by atoms with E-state index in [4.69, 9.17) is 0 Å². The molecule has 0 aromatic carbocycles. The van der Waals surface area contributed by atoms with Crippen molar-refractivity contribution in [3.8, 4) is 0 Å². The Morgan fingerprint density at radius 2 is 1.85 bits per heavy atom. The van der Waals surface area contributed by atoms with Crippen molar-refractivity contribution in [2.45, 2.75) is 4.90 Å². The third-order valence-electron chi connectivity index (χ3n) is 1.14. The number of hydrogen-bond acceptors (Lipinski definition) is 3. The van der Waals surface area contributed by atoms with Gasteiger partial charge >= 0.3 is 0 Å². The molecule has 0 fully saturated rings. The fourth-order valence-corrected chi connectivity index (χ4v) is 1.31. The summed E-state index contributed by atoms with van der Waals surface area (Å²) in [5, 5.41) is 4.44. The highest BCUT2D eigenvalue weighted by atomic mass is 32.2. The summed E-state index contributed by atoms with van der Waals surface area (Å²) >= 11 is 0. The second-order valence-corrected chi connectivity index (χ2v) is 3.59.